The number of hydrogen-bond donors (Lipinski definition) is 1. The van der Waals surface area contributed by atoms with Crippen LogP contribution in [0.1, 0.15) is 48.7 Å². The number of rotatable bonds is 5. The zero-order valence-corrected chi connectivity index (χ0v) is 13.6. The molecule has 5 heteroatoms. The molecule has 1 aromatic rings. The Morgan fingerprint density at radius 1 is 1.33 bits per heavy atom. The highest BCUT2D eigenvalue weighted by Crippen LogP contribution is 2.26. The van der Waals surface area contributed by atoms with Crippen molar-refractivity contribution in [3.8, 4) is 0 Å². The molecule has 2 amide bonds. The Morgan fingerprint density at radius 3 is 2.67 bits per heavy atom. The molecule has 1 saturated carbocycles. The number of thiophene rings is 1. The summed E-state index contributed by atoms with van der Waals surface area (Å²) in [5.41, 5.74) is 0. The minimum Gasteiger partial charge on any atom is -0.351 e. The van der Waals surface area contributed by atoms with Crippen molar-refractivity contribution < 1.29 is 9.59 Å². The normalized spacial score (nSPS) is 21.8. The van der Waals surface area contributed by atoms with Gasteiger partial charge in [0.1, 0.15) is 0 Å². The van der Waals surface area contributed by atoms with E-state index >= 15 is 0 Å². The molecular weight excluding hydrogens is 284 g/mol. The van der Waals surface area contributed by atoms with E-state index < -0.39 is 0 Å². The van der Waals surface area contributed by atoms with Gasteiger partial charge in [0, 0.05) is 26.1 Å². The van der Waals surface area contributed by atoms with Gasteiger partial charge in [-0.1, -0.05) is 13.0 Å². The maximum Gasteiger partial charge on any atom is 0.261 e. The van der Waals surface area contributed by atoms with Gasteiger partial charge in [0.05, 0.1) is 4.88 Å². The lowest BCUT2D eigenvalue weighted by Crippen LogP contribution is -2.40. The lowest BCUT2D eigenvalue weighted by atomic mass is 9.86. The lowest BCUT2D eigenvalue weighted by Gasteiger charge is -2.33. The van der Waals surface area contributed by atoms with Crippen molar-refractivity contribution in [2.24, 2.45) is 5.92 Å². The van der Waals surface area contributed by atoms with Crippen LogP contribution >= 0.6 is 11.3 Å². The molecule has 1 aliphatic rings. The summed E-state index contributed by atoms with van der Waals surface area (Å²) in [7, 11) is 1.89. The van der Waals surface area contributed by atoms with Crippen molar-refractivity contribution in [2.45, 2.75) is 45.1 Å². The third-order valence-electron chi connectivity index (χ3n) is 4.30. The second-order valence-corrected chi connectivity index (χ2v) is 6.85. The van der Waals surface area contributed by atoms with Crippen LogP contribution < -0.4 is 5.32 Å². The molecule has 116 valence electrons. The molecular formula is C16H24N2O2S. The summed E-state index contributed by atoms with van der Waals surface area (Å²) in [5, 5.41) is 4.68. The molecule has 0 aliphatic heterocycles. The number of nitrogens with zero attached hydrogens (tertiary/aromatic N) is 1. The fourth-order valence-electron chi connectivity index (χ4n) is 2.79. The van der Waals surface area contributed by atoms with E-state index in [-0.39, 0.29) is 11.8 Å². The lowest BCUT2D eigenvalue weighted by molar-refractivity contribution is -0.132. The first-order chi connectivity index (χ1) is 10.1. The fourth-order valence-corrected chi connectivity index (χ4v) is 3.43. The van der Waals surface area contributed by atoms with Crippen molar-refractivity contribution in [1.29, 1.82) is 0 Å². The first kappa shape index (κ1) is 16.0. The summed E-state index contributed by atoms with van der Waals surface area (Å²) >= 11 is 1.41. The molecule has 0 bridgehead atoms. The molecule has 1 aromatic heterocycles. The van der Waals surface area contributed by atoms with Crippen LogP contribution in [0.2, 0.25) is 0 Å². The van der Waals surface area contributed by atoms with Crippen molar-refractivity contribution in [2.75, 3.05) is 13.6 Å². The maximum atomic E-state index is 12.2. The Labute approximate surface area is 130 Å². The Kier molecular flexibility index (Phi) is 5.79. The van der Waals surface area contributed by atoms with Crippen LogP contribution in [0.15, 0.2) is 17.5 Å². The van der Waals surface area contributed by atoms with Crippen LogP contribution in [-0.2, 0) is 4.79 Å². The van der Waals surface area contributed by atoms with Crippen LogP contribution in [0.4, 0.5) is 0 Å². The molecule has 0 radical (unpaired) electrons. The standard InChI is InChI=1S/C16H24N2O2S/c1-12-5-7-13(8-6-12)18(2)15(19)9-10-17-16(20)14-4-3-11-21-14/h3-4,11-13H,5-10H2,1-2H3,(H,17,20). The minimum atomic E-state index is -0.0908. The molecule has 0 spiro atoms. The second kappa shape index (κ2) is 7.59. The summed E-state index contributed by atoms with van der Waals surface area (Å²) < 4.78 is 0. The zero-order valence-electron chi connectivity index (χ0n) is 12.8. The average molecular weight is 308 g/mol. The van der Waals surface area contributed by atoms with E-state index in [1.165, 1.54) is 24.2 Å². The number of carbonyl (C=O) groups excluding carboxylic acids is 2. The third-order valence-corrected chi connectivity index (χ3v) is 5.16. The van der Waals surface area contributed by atoms with E-state index in [0.717, 1.165) is 18.8 Å². The summed E-state index contributed by atoms with van der Waals surface area (Å²) in [6, 6.07) is 4.02. The summed E-state index contributed by atoms with van der Waals surface area (Å²) in [6.07, 6.45) is 4.99. The van der Waals surface area contributed by atoms with E-state index in [0.29, 0.717) is 23.9 Å². The Bertz CT molecular complexity index is 465. The predicted octanol–water partition coefficient (Wildman–Crippen LogP) is 2.91. The first-order valence-electron chi connectivity index (χ1n) is 7.65. The van der Waals surface area contributed by atoms with Gasteiger partial charge >= 0.3 is 0 Å². The zero-order chi connectivity index (χ0) is 15.2. The molecule has 21 heavy (non-hydrogen) atoms. The summed E-state index contributed by atoms with van der Waals surface area (Å²) in [6.45, 7) is 2.68. The number of hydrogen-bond acceptors (Lipinski definition) is 3. The topological polar surface area (TPSA) is 49.4 Å². The van der Waals surface area contributed by atoms with Crippen molar-refractivity contribution in [3.05, 3.63) is 22.4 Å². The highest BCUT2D eigenvalue weighted by molar-refractivity contribution is 7.12. The van der Waals surface area contributed by atoms with Crippen LogP contribution in [0.25, 0.3) is 0 Å². The molecule has 1 N–H and O–H groups in total. The van der Waals surface area contributed by atoms with Gasteiger partial charge in [-0.25, -0.2) is 0 Å². The molecule has 1 heterocycles. The van der Waals surface area contributed by atoms with Gasteiger partial charge in [-0.05, 0) is 43.0 Å². The molecule has 4 nitrogen and oxygen atoms in total. The highest BCUT2D eigenvalue weighted by atomic mass is 32.1. The molecule has 0 saturated heterocycles. The molecule has 1 fully saturated rings. The highest BCUT2D eigenvalue weighted by Gasteiger charge is 2.24. The van der Waals surface area contributed by atoms with E-state index in [1.807, 2.05) is 23.4 Å². The predicted molar refractivity (Wildman–Crippen MR) is 85.5 cm³/mol. The molecule has 0 aromatic carbocycles. The maximum absolute atomic E-state index is 12.2. The monoisotopic (exact) mass is 308 g/mol. The van der Waals surface area contributed by atoms with E-state index in [4.69, 9.17) is 0 Å². The van der Waals surface area contributed by atoms with Gasteiger partial charge in [0.2, 0.25) is 5.91 Å². The van der Waals surface area contributed by atoms with Gasteiger partial charge in [0.25, 0.3) is 5.91 Å². The Morgan fingerprint density at radius 2 is 2.05 bits per heavy atom. The molecule has 0 unspecified atom stereocenters. The van der Waals surface area contributed by atoms with Gasteiger partial charge in [-0.2, -0.15) is 0 Å². The van der Waals surface area contributed by atoms with Gasteiger partial charge in [-0.15, -0.1) is 11.3 Å². The second-order valence-electron chi connectivity index (χ2n) is 5.90. The summed E-state index contributed by atoms with van der Waals surface area (Å²) in [4.78, 5) is 26.5. The average Bonchev–Trinajstić information content (AvgIpc) is 3.01. The number of carbonyl (C=O) groups is 2. The number of nitrogens with one attached hydrogen (secondary N) is 1. The number of amides is 2. The Balaban J connectivity index is 1.70. The quantitative estimate of drug-likeness (QED) is 0.909. The first-order valence-corrected chi connectivity index (χ1v) is 8.53. The molecule has 0 atom stereocenters. The van der Waals surface area contributed by atoms with Gasteiger partial charge in [-0.3, -0.25) is 9.59 Å². The van der Waals surface area contributed by atoms with E-state index in [2.05, 4.69) is 12.2 Å². The van der Waals surface area contributed by atoms with Gasteiger partial charge in [0.15, 0.2) is 0 Å². The van der Waals surface area contributed by atoms with Gasteiger partial charge < -0.3 is 10.2 Å². The smallest absolute Gasteiger partial charge is 0.261 e. The van der Waals surface area contributed by atoms with Crippen LogP contribution in [0.5, 0.6) is 0 Å². The van der Waals surface area contributed by atoms with Crippen LogP contribution in [0.3, 0.4) is 0 Å². The van der Waals surface area contributed by atoms with Crippen molar-refractivity contribution in [3.63, 3.8) is 0 Å². The van der Waals surface area contributed by atoms with Crippen molar-refractivity contribution >= 4 is 23.2 Å². The van der Waals surface area contributed by atoms with Crippen LogP contribution in [0, 0.1) is 5.92 Å². The largest absolute Gasteiger partial charge is 0.351 e. The molecule has 1 aliphatic carbocycles. The Hall–Kier alpha value is -1.36. The minimum absolute atomic E-state index is 0.0908. The van der Waals surface area contributed by atoms with Crippen LogP contribution in [-0.4, -0.2) is 36.3 Å². The SMILES string of the molecule is CC1CCC(N(C)C(=O)CCNC(=O)c2cccs2)CC1. The van der Waals surface area contributed by atoms with E-state index in [1.54, 1.807) is 6.07 Å². The van der Waals surface area contributed by atoms with E-state index in [9.17, 15) is 9.59 Å². The van der Waals surface area contributed by atoms with Crippen molar-refractivity contribution in [1.82, 2.24) is 10.2 Å². The third kappa shape index (κ3) is 4.56. The molecule has 2 rings (SSSR count). The fraction of sp³-hybridized carbons (Fsp3) is 0.625. The summed E-state index contributed by atoms with van der Waals surface area (Å²) in [5.74, 6) is 0.822.